The lowest BCUT2D eigenvalue weighted by Gasteiger charge is -2.25. The van der Waals surface area contributed by atoms with Crippen molar-refractivity contribution in [2.75, 3.05) is 13.2 Å². The van der Waals surface area contributed by atoms with Crippen molar-refractivity contribution in [1.29, 1.82) is 0 Å². The van der Waals surface area contributed by atoms with E-state index in [0.717, 1.165) is 5.56 Å². The number of nitrogens with one attached hydrogen (secondary N) is 3. The van der Waals surface area contributed by atoms with E-state index >= 15 is 0 Å². The maximum Gasteiger partial charge on any atom is 0.326 e. The second-order valence-electron chi connectivity index (χ2n) is 8.45. The van der Waals surface area contributed by atoms with Crippen molar-refractivity contribution < 1.29 is 29.4 Å². The van der Waals surface area contributed by atoms with Gasteiger partial charge < -0.3 is 37.6 Å². The van der Waals surface area contributed by atoms with E-state index < -0.39 is 60.4 Å². The summed E-state index contributed by atoms with van der Waals surface area (Å²) in [5.41, 5.74) is 12.4. The molecule has 4 unspecified atom stereocenters. The molecule has 1 aromatic carbocycles. The summed E-state index contributed by atoms with van der Waals surface area (Å²) in [6, 6.07) is 4.70. The number of aliphatic hydroxyl groups excluding tert-OH is 1. The van der Waals surface area contributed by atoms with E-state index in [2.05, 4.69) is 16.0 Å². The van der Waals surface area contributed by atoms with Crippen molar-refractivity contribution in [3.8, 4) is 0 Å². The molecule has 4 atom stereocenters. The highest BCUT2D eigenvalue weighted by atomic mass is 16.4. The third kappa shape index (κ3) is 9.86. The minimum atomic E-state index is -1.39. The lowest BCUT2D eigenvalue weighted by Crippen LogP contribution is -2.58. The Labute approximate surface area is 199 Å². The summed E-state index contributed by atoms with van der Waals surface area (Å²) in [6.07, 6.45) is 1.68. The van der Waals surface area contributed by atoms with Crippen LogP contribution in [0.4, 0.5) is 0 Å². The molecule has 34 heavy (non-hydrogen) atoms. The summed E-state index contributed by atoms with van der Waals surface area (Å²) >= 11 is 0. The van der Waals surface area contributed by atoms with E-state index in [-0.39, 0.29) is 12.8 Å². The third-order valence-electron chi connectivity index (χ3n) is 5.26. The van der Waals surface area contributed by atoms with Crippen LogP contribution in [-0.2, 0) is 25.6 Å². The van der Waals surface area contributed by atoms with Gasteiger partial charge in [0, 0.05) is 0 Å². The number of nitrogens with two attached hydrogens (primary N) is 2. The summed E-state index contributed by atoms with van der Waals surface area (Å²) in [5, 5.41) is 26.2. The molecule has 9 N–H and O–H groups in total. The Balaban J connectivity index is 2.85. The first-order chi connectivity index (χ1) is 16.1. The van der Waals surface area contributed by atoms with Gasteiger partial charge in [-0.05, 0) is 43.7 Å². The van der Waals surface area contributed by atoms with Crippen LogP contribution in [0.5, 0.6) is 0 Å². The van der Waals surface area contributed by atoms with Crippen LogP contribution < -0.4 is 27.4 Å². The van der Waals surface area contributed by atoms with Crippen LogP contribution in [0.3, 0.4) is 0 Å². The number of benzene rings is 1. The van der Waals surface area contributed by atoms with Gasteiger partial charge in [0.25, 0.3) is 0 Å². The fourth-order valence-electron chi connectivity index (χ4n) is 3.23. The molecule has 0 aromatic heterocycles. The first-order valence-corrected chi connectivity index (χ1v) is 11.3. The van der Waals surface area contributed by atoms with E-state index in [1.54, 1.807) is 13.8 Å². The average Bonchev–Trinajstić information content (AvgIpc) is 2.80. The Morgan fingerprint density at radius 3 is 2.03 bits per heavy atom. The number of amides is 3. The molecular formula is C23H37N5O6. The quantitative estimate of drug-likeness (QED) is 0.153. The number of hydrogen-bond donors (Lipinski definition) is 7. The van der Waals surface area contributed by atoms with Gasteiger partial charge in [-0.15, -0.1) is 0 Å². The maximum atomic E-state index is 12.9. The van der Waals surface area contributed by atoms with Crippen molar-refractivity contribution in [1.82, 2.24) is 16.0 Å². The standard InChI is InChI=1S/C23H37N5O6/c1-14(2)19(23(33)34)28-22(32)18(13-29)27-21(31)17(10-6-7-11-24)26-20(30)16(25)12-15-8-4-3-5-9-15/h3-5,8-9,14,16-19,29H,6-7,10-13,24-25H2,1-2H3,(H,26,30)(H,27,31)(H,28,32)(H,33,34). The number of carbonyl (C=O) groups excluding carboxylic acids is 3. The van der Waals surface area contributed by atoms with E-state index in [4.69, 9.17) is 11.5 Å². The number of aliphatic carboxylic acids is 1. The fraction of sp³-hybridized carbons (Fsp3) is 0.565. The van der Waals surface area contributed by atoms with Crippen molar-refractivity contribution in [3.05, 3.63) is 35.9 Å². The molecule has 0 aliphatic heterocycles. The number of carboxylic acids is 1. The van der Waals surface area contributed by atoms with E-state index in [0.29, 0.717) is 19.4 Å². The smallest absolute Gasteiger partial charge is 0.326 e. The zero-order chi connectivity index (χ0) is 25.7. The number of aliphatic hydroxyl groups is 1. The van der Waals surface area contributed by atoms with Crippen molar-refractivity contribution in [2.45, 2.75) is 63.7 Å². The van der Waals surface area contributed by atoms with E-state index in [1.807, 2.05) is 30.3 Å². The van der Waals surface area contributed by atoms with Gasteiger partial charge in [0.05, 0.1) is 12.6 Å². The summed E-state index contributed by atoms with van der Waals surface area (Å²) in [5.74, 6) is -3.71. The van der Waals surface area contributed by atoms with Crippen molar-refractivity contribution in [2.24, 2.45) is 17.4 Å². The number of hydrogen-bond acceptors (Lipinski definition) is 7. The van der Waals surface area contributed by atoms with Crippen LogP contribution >= 0.6 is 0 Å². The van der Waals surface area contributed by atoms with Gasteiger partial charge in [-0.2, -0.15) is 0 Å². The van der Waals surface area contributed by atoms with Gasteiger partial charge in [0.1, 0.15) is 18.1 Å². The maximum absolute atomic E-state index is 12.9. The molecule has 0 spiro atoms. The highest BCUT2D eigenvalue weighted by Gasteiger charge is 2.30. The second kappa shape index (κ2) is 15.0. The number of rotatable bonds is 15. The average molecular weight is 480 g/mol. The lowest BCUT2D eigenvalue weighted by molar-refractivity contribution is -0.143. The minimum absolute atomic E-state index is 0.246. The monoisotopic (exact) mass is 479 g/mol. The first kappa shape index (κ1) is 29.0. The minimum Gasteiger partial charge on any atom is -0.480 e. The number of carboxylic acid groups (broad SMARTS) is 1. The van der Waals surface area contributed by atoms with Gasteiger partial charge in [0.15, 0.2) is 0 Å². The Hall–Kier alpha value is -3.02. The zero-order valence-corrected chi connectivity index (χ0v) is 19.7. The third-order valence-corrected chi connectivity index (χ3v) is 5.26. The molecule has 0 saturated carbocycles. The molecule has 190 valence electrons. The highest BCUT2D eigenvalue weighted by Crippen LogP contribution is 2.06. The predicted molar refractivity (Wildman–Crippen MR) is 126 cm³/mol. The van der Waals surface area contributed by atoms with Crippen molar-refractivity contribution >= 4 is 23.7 Å². The Kier molecular flexibility index (Phi) is 12.8. The SMILES string of the molecule is CC(C)C(NC(=O)C(CO)NC(=O)C(CCCCN)NC(=O)C(N)Cc1ccccc1)C(=O)O. The molecule has 3 amide bonds. The molecule has 0 radical (unpaired) electrons. The van der Waals surface area contributed by atoms with E-state index in [9.17, 15) is 29.4 Å². The molecule has 11 heteroatoms. The van der Waals surface area contributed by atoms with Crippen molar-refractivity contribution in [3.63, 3.8) is 0 Å². The van der Waals surface area contributed by atoms with Gasteiger partial charge in [-0.25, -0.2) is 4.79 Å². The summed E-state index contributed by atoms with van der Waals surface area (Å²) < 4.78 is 0. The largest absolute Gasteiger partial charge is 0.480 e. The molecule has 0 fully saturated rings. The normalized spacial score (nSPS) is 14.5. The van der Waals surface area contributed by atoms with Gasteiger partial charge in [0.2, 0.25) is 17.7 Å². The van der Waals surface area contributed by atoms with E-state index in [1.165, 1.54) is 0 Å². The molecule has 0 bridgehead atoms. The van der Waals surface area contributed by atoms with Gasteiger partial charge in [-0.3, -0.25) is 14.4 Å². The summed E-state index contributed by atoms with van der Waals surface area (Å²) in [7, 11) is 0. The van der Waals surface area contributed by atoms with Crippen LogP contribution in [0.25, 0.3) is 0 Å². The Morgan fingerprint density at radius 1 is 0.912 bits per heavy atom. The second-order valence-corrected chi connectivity index (χ2v) is 8.45. The topological polar surface area (TPSA) is 197 Å². The van der Waals surface area contributed by atoms with Crippen LogP contribution in [0.1, 0.15) is 38.7 Å². The molecule has 0 aliphatic carbocycles. The zero-order valence-electron chi connectivity index (χ0n) is 19.7. The van der Waals surface area contributed by atoms with Crippen LogP contribution in [0, 0.1) is 5.92 Å². The van der Waals surface area contributed by atoms with Gasteiger partial charge in [-0.1, -0.05) is 44.2 Å². The Morgan fingerprint density at radius 2 is 1.50 bits per heavy atom. The van der Waals surface area contributed by atoms with Crippen LogP contribution in [0.15, 0.2) is 30.3 Å². The summed E-state index contributed by atoms with van der Waals surface area (Å²) in [4.78, 5) is 49.3. The van der Waals surface area contributed by atoms with Crippen LogP contribution in [0.2, 0.25) is 0 Å². The molecule has 0 heterocycles. The number of carbonyl (C=O) groups is 4. The first-order valence-electron chi connectivity index (χ1n) is 11.3. The Bertz CT molecular complexity index is 804. The molecule has 11 nitrogen and oxygen atoms in total. The molecule has 0 saturated heterocycles. The van der Waals surface area contributed by atoms with Crippen LogP contribution in [-0.4, -0.2) is 71.2 Å². The summed E-state index contributed by atoms with van der Waals surface area (Å²) in [6.45, 7) is 2.89. The molecule has 0 aliphatic rings. The highest BCUT2D eigenvalue weighted by molar-refractivity contribution is 5.94. The number of unbranched alkanes of at least 4 members (excludes halogenated alkanes) is 1. The predicted octanol–water partition coefficient (Wildman–Crippen LogP) is -1.13. The molecular weight excluding hydrogens is 442 g/mol. The van der Waals surface area contributed by atoms with Gasteiger partial charge >= 0.3 is 5.97 Å². The lowest BCUT2D eigenvalue weighted by atomic mass is 10.0. The fourth-order valence-corrected chi connectivity index (χ4v) is 3.23. The molecule has 1 rings (SSSR count). The molecule has 1 aromatic rings.